The molecular weight excluding hydrogens is 193 g/mol. The second-order valence-corrected chi connectivity index (χ2v) is 3.23. The van der Waals surface area contributed by atoms with Gasteiger partial charge in [-0.2, -0.15) is 0 Å². The lowest BCUT2D eigenvalue weighted by Gasteiger charge is -2.17. The van der Waals surface area contributed by atoms with Gasteiger partial charge in [-0.25, -0.2) is 0 Å². The molecule has 65 valence electrons. The van der Waals surface area contributed by atoms with Crippen molar-refractivity contribution >= 4 is 28.9 Å². The molecule has 1 aromatic carbocycles. The van der Waals surface area contributed by atoms with Crippen molar-refractivity contribution < 1.29 is 0 Å². The molecule has 0 heterocycles. The molecule has 0 bridgehead atoms. The van der Waals surface area contributed by atoms with Gasteiger partial charge >= 0.3 is 0 Å². The molecule has 1 aromatic rings. The van der Waals surface area contributed by atoms with Crippen molar-refractivity contribution in [1.82, 2.24) is 0 Å². The van der Waals surface area contributed by atoms with Crippen LogP contribution in [-0.2, 0) is 0 Å². The Morgan fingerprint density at radius 3 is 2.58 bits per heavy atom. The summed E-state index contributed by atoms with van der Waals surface area (Å²) in [4.78, 5) is 1.92. The maximum Gasteiger partial charge on any atom is 0.0825 e. The number of benzene rings is 1. The van der Waals surface area contributed by atoms with E-state index in [1.165, 1.54) is 0 Å². The third-order valence-electron chi connectivity index (χ3n) is 1.70. The fraction of sp³-hybridized carbons (Fsp3) is 0.222. The molecule has 0 aliphatic carbocycles. The van der Waals surface area contributed by atoms with Crippen LogP contribution in [0.25, 0.3) is 0 Å². The third-order valence-corrected chi connectivity index (χ3v) is 2.51. The molecule has 0 fully saturated rings. The van der Waals surface area contributed by atoms with E-state index in [9.17, 15) is 0 Å². The van der Waals surface area contributed by atoms with Gasteiger partial charge in [0, 0.05) is 13.6 Å². The molecule has 0 N–H and O–H groups in total. The number of hydrogen-bond acceptors (Lipinski definition) is 1. The molecule has 0 aliphatic heterocycles. The van der Waals surface area contributed by atoms with Crippen molar-refractivity contribution in [2.24, 2.45) is 0 Å². The molecule has 0 unspecified atom stereocenters. The van der Waals surface area contributed by atoms with Gasteiger partial charge in [0.1, 0.15) is 0 Å². The fourth-order valence-corrected chi connectivity index (χ4v) is 1.33. The summed E-state index contributed by atoms with van der Waals surface area (Å²) in [7, 11) is 1.93. The van der Waals surface area contributed by atoms with Crippen molar-refractivity contribution in [3.63, 3.8) is 0 Å². The van der Waals surface area contributed by atoms with Crippen LogP contribution >= 0.6 is 23.2 Å². The SMILES string of the molecule is C[CH]N(C)c1cccc(Cl)c1Cl. The van der Waals surface area contributed by atoms with Gasteiger partial charge in [-0.3, -0.25) is 0 Å². The highest BCUT2D eigenvalue weighted by Gasteiger charge is 2.06. The number of hydrogen-bond donors (Lipinski definition) is 0. The van der Waals surface area contributed by atoms with E-state index < -0.39 is 0 Å². The van der Waals surface area contributed by atoms with Crippen LogP contribution in [0.5, 0.6) is 0 Å². The Kier molecular flexibility index (Phi) is 3.24. The Labute approximate surface area is 82.9 Å². The van der Waals surface area contributed by atoms with Crippen LogP contribution in [0.15, 0.2) is 18.2 Å². The lowest BCUT2D eigenvalue weighted by atomic mass is 10.3. The summed E-state index contributed by atoms with van der Waals surface area (Å²) in [5.41, 5.74) is 0.923. The minimum atomic E-state index is 0.586. The first-order valence-electron chi connectivity index (χ1n) is 3.63. The molecular formula is C9H10Cl2N. The van der Waals surface area contributed by atoms with E-state index in [4.69, 9.17) is 23.2 Å². The second-order valence-electron chi connectivity index (χ2n) is 2.44. The minimum absolute atomic E-state index is 0.586. The second kappa shape index (κ2) is 4.01. The van der Waals surface area contributed by atoms with Gasteiger partial charge in [-0.15, -0.1) is 0 Å². The zero-order chi connectivity index (χ0) is 9.14. The maximum absolute atomic E-state index is 5.97. The average molecular weight is 203 g/mol. The quantitative estimate of drug-likeness (QED) is 0.709. The standard InChI is InChI=1S/C9H10Cl2N/c1-3-12(2)8-6-4-5-7(10)9(8)11/h3-6H,1-2H3. The van der Waals surface area contributed by atoms with Gasteiger partial charge in [0.05, 0.1) is 15.7 Å². The van der Waals surface area contributed by atoms with Crippen molar-refractivity contribution in [2.75, 3.05) is 11.9 Å². The molecule has 0 amide bonds. The van der Waals surface area contributed by atoms with E-state index in [0.29, 0.717) is 10.0 Å². The predicted molar refractivity (Wildman–Crippen MR) is 54.8 cm³/mol. The number of nitrogens with zero attached hydrogens (tertiary/aromatic N) is 1. The molecule has 0 saturated carbocycles. The molecule has 0 saturated heterocycles. The molecule has 0 aromatic heterocycles. The Morgan fingerprint density at radius 1 is 1.33 bits per heavy atom. The first-order valence-corrected chi connectivity index (χ1v) is 4.38. The zero-order valence-corrected chi connectivity index (χ0v) is 8.52. The summed E-state index contributed by atoms with van der Waals surface area (Å²) in [6.07, 6.45) is 0. The largest absolute Gasteiger partial charge is 0.369 e. The van der Waals surface area contributed by atoms with E-state index in [1.807, 2.05) is 37.5 Å². The first-order chi connectivity index (χ1) is 5.66. The van der Waals surface area contributed by atoms with Crippen LogP contribution in [0, 0.1) is 6.54 Å². The molecule has 12 heavy (non-hydrogen) atoms. The Bertz CT molecular complexity index is 273. The van der Waals surface area contributed by atoms with Gasteiger partial charge in [0.2, 0.25) is 0 Å². The van der Waals surface area contributed by atoms with Gasteiger partial charge in [-0.1, -0.05) is 29.3 Å². The number of anilines is 1. The topological polar surface area (TPSA) is 3.24 Å². The molecule has 1 radical (unpaired) electrons. The lowest BCUT2D eigenvalue weighted by Crippen LogP contribution is -2.11. The van der Waals surface area contributed by atoms with Crippen LogP contribution in [-0.4, -0.2) is 7.05 Å². The van der Waals surface area contributed by atoms with E-state index in [1.54, 1.807) is 6.07 Å². The van der Waals surface area contributed by atoms with E-state index in [2.05, 4.69) is 0 Å². The monoisotopic (exact) mass is 202 g/mol. The van der Waals surface area contributed by atoms with Gasteiger partial charge < -0.3 is 4.90 Å². The lowest BCUT2D eigenvalue weighted by molar-refractivity contribution is 1.09. The van der Waals surface area contributed by atoms with Gasteiger partial charge in [-0.05, 0) is 19.1 Å². The summed E-state index contributed by atoms with van der Waals surface area (Å²) >= 11 is 11.8. The van der Waals surface area contributed by atoms with Crippen LogP contribution in [0.2, 0.25) is 10.0 Å². The third kappa shape index (κ3) is 1.85. The fourth-order valence-electron chi connectivity index (χ4n) is 0.904. The molecule has 1 nitrogen and oxygen atoms in total. The smallest absolute Gasteiger partial charge is 0.0825 e. The molecule has 1 rings (SSSR count). The minimum Gasteiger partial charge on any atom is -0.369 e. The maximum atomic E-state index is 5.97. The molecule has 0 aliphatic rings. The van der Waals surface area contributed by atoms with Crippen molar-refractivity contribution in [3.8, 4) is 0 Å². The van der Waals surface area contributed by atoms with Crippen LogP contribution in [0.4, 0.5) is 5.69 Å². The van der Waals surface area contributed by atoms with E-state index in [0.717, 1.165) is 5.69 Å². The van der Waals surface area contributed by atoms with Crippen molar-refractivity contribution in [3.05, 3.63) is 34.8 Å². The summed E-state index contributed by atoms with van der Waals surface area (Å²) in [6, 6.07) is 5.58. The highest BCUT2D eigenvalue weighted by Crippen LogP contribution is 2.31. The van der Waals surface area contributed by atoms with Crippen molar-refractivity contribution in [2.45, 2.75) is 6.92 Å². The Morgan fingerprint density at radius 2 is 2.00 bits per heavy atom. The number of rotatable bonds is 2. The predicted octanol–water partition coefficient (Wildman–Crippen LogP) is 3.61. The normalized spacial score (nSPS) is 10.0. The highest BCUT2D eigenvalue weighted by molar-refractivity contribution is 6.43. The van der Waals surface area contributed by atoms with E-state index in [-0.39, 0.29) is 0 Å². The summed E-state index contributed by atoms with van der Waals surface area (Å²) in [6.45, 7) is 3.87. The Balaban J connectivity index is 3.07. The highest BCUT2D eigenvalue weighted by atomic mass is 35.5. The Hall–Kier alpha value is -0.400. The molecule has 3 heteroatoms. The zero-order valence-electron chi connectivity index (χ0n) is 7.01. The summed E-state index contributed by atoms with van der Waals surface area (Å²) in [5.74, 6) is 0. The van der Waals surface area contributed by atoms with Gasteiger partial charge in [0.15, 0.2) is 0 Å². The van der Waals surface area contributed by atoms with Crippen LogP contribution in [0.3, 0.4) is 0 Å². The summed E-state index contributed by atoms with van der Waals surface area (Å²) in [5, 5.41) is 1.18. The van der Waals surface area contributed by atoms with Gasteiger partial charge in [0.25, 0.3) is 0 Å². The average Bonchev–Trinajstić information content (AvgIpc) is 2.08. The van der Waals surface area contributed by atoms with Crippen molar-refractivity contribution in [1.29, 1.82) is 0 Å². The molecule has 0 atom stereocenters. The van der Waals surface area contributed by atoms with Crippen LogP contribution in [0.1, 0.15) is 6.92 Å². The van der Waals surface area contributed by atoms with Crippen LogP contribution < -0.4 is 4.90 Å². The summed E-state index contributed by atoms with van der Waals surface area (Å²) < 4.78 is 0. The van der Waals surface area contributed by atoms with E-state index >= 15 is 0 Å². The first kappa shape index (κ1) is 9.69. The molecule has 0 spiro atoms. The number of halogens is 2.